The average Bonchev–Trinajstić information content (AvgIpc) is 2.84. The van der Waals surface area contributed by atoms with Crippen molar-refractivity contribution in [1.82, 2.24) is 0 Å². The van der Waals surface area contributed by atoms with Gasteiger partial charge in [0.25, 0.3) is 0 Å². The predicted molar refractivity (Wildman–Crippen MR) is 134 cm³/mol. The molecule has 0 saturated heterocycles. The second-order valence-electron chi connectivity index (χ2n) is 7.16. The van der Waals surface area contributed by atoms with Gasteiger partial charge in [-0.3, -0.25) is 0 Å². The molecule has 4 rings (SSSR count). The Kier molecular flexibility index (Phi) is 7.44. The van der Waals surface area contributed by atoms with Crippen molar-refractivity contribution >= 4 is 37.1 Å². The van der Waals surface area contributed by atoms with Crippen molar-refractivity contribution in [3.05, 3.63) is 121 Å². The van der Waals surface area contributed by atoms with Crippen LogP contribution in [0.1, 0.15) is 0 Å². The maximum atomic E-state index is 10.6. The lowest BCUT2D eigenvalue weighted by atomic mass is 10.4. The third-order valence-electron chi connectivity index (χ3n) is 5.17. The minimum absolute atomic E-state index is 0.188. The summed E-state index contributed by atoms with van der Waals surface area (Å²) in [6, 6.07) is 43.0. The summed E-state index contributed by atoms with van der Waals surface area (Å²) < 4.78 is 0. The van der Waals surface area contributed by atoms with Crippen LogP contribution in [0.5, 0.6) is 0 Å². The quantitative estimate of drug-likeness (QED) is 0.407. The first-order valence-electron chi connectivity index (χ1n) is 10.2. The summed E-state index contributed by atoms with van der Waals surface area (Å²) in [5.41, 5.74) is 0.191. The van der Waals surface area contributed by atoms with E-state index in [4.69, 9.17) is 0 Å². The summed E-state index contributed by atoms with van der Waals surface area (Å²) in [5.74, 6) is 0. The molecule has 0 spiro atoms. The average molecular weight is 428 g/mol. The normalized spacial score (nSPS) is 12.2. The summed E-state index contributed by atoms with van der Waals surface area (Å²) in [6.07, 6.45) is 0.968. The standard InChI is InChI=1S/C27H26OP2/c28-21-27(30(25-17-9-3-10-18-25)26-19-11-4-12-20-26)22-29(23-13-5-1-6-14-23)24-15-7-2-8-16-24/h1-20,27-28H,21-22H2/t27-/m1/s1. The van der Waals surface area contributed by atoms with Gasteiger partial charge in [-0.1, -0.05) is 121 Å². The van der Waals surface area contributed by atoms with E-state index in [2.05, 4.69) is 121 Å². The summed E-state index contributed by atoms with van der Waals surface area (Å²) in [6.45, 7) is 0.188. The molecule has 150 valence electrons. The van der Waals surface area contributed by atoms with Crippen molar-refractivity contribution in [2.75, 3.05) is 12.8 Å². The highest BCUT2D eigenvalue weighted by molar-refractivity contribution is 7.77. The highest BCUT2D eigenvalue weighted by atomic mass is 31.1. The molecule has 0 radical (unpaired) electrons. The van der Waals surface area contributed by atoms with Gasteiger partial charge in [0, 0.05) is 5.66 Å². The fourth-order valence-electron chi connectivity index (χ4n) is 3.76. The van der Waals surface area contributed by atoms with E-state index in [1.54, 1.807) is 0 Å². The topological polar surface area (TPSA) is 20.2 Å². The molecule has 30 heavy (non-hydrogen) atoms. The first kappa shape index (κ1) is 21.0. The Morgan fingerprint density at radius 3 is 1.17 bits per heavy atom. The molecule has 0 unspecified atom stereocenters. The van der Waals surface area contributed by atoms with Gasteiger partial charge in [0.2, 0.25) is 0 Å². The summed E-state index contributed by atoms with van der Waals surface area (Å²) in [5, 5.41) is 16.0. The maximum Gasteiger partial charge on any atom is 0.0508 e. The number of aliphatic hydroxyl groups is 1. The third-order valence-corrected chi connectivity index (χ3v) is 10.9. The van der Waals surface area contributed by atoms with Gasteiger partial charge >= 0.3 is 0 Å². The predicted octanol–water partition coefficient (Wildman–Crippen LogP) is 4.61. The van der Waals surface area contributed by atoms with Crippen molar-refractivity contribution in [3.63, 3.8) is 0 Å². The number of benzene rings is 4. The summed E-state index contributed by atoms with van der Waals surface area (Å²) >= 11 is 0. The van der Waals surface area contributed by atoms with Crippen LogP contribution in [0.15, 0.2) is 121 Å². The fraction of sp³-hybridized carbons (Fsp3) is 0.111. The lowest BCUT2D eigenvalue weighted by Crippen LogP contribution is -2.29. The molecule has 3 heteroatoms. The van der Waals surface area contributed by atoms with Crippen LogP contribution >= 0.6 is 15.8 Å². The first-order chi connectivity index (χ1) is 14.9. The largest absolute Gasteiger partial charge is 0.396 e. The second kappa shape index (κ2) is 10.6. The molecule has 1 atom stereocenters. The highest BCUT2D eigenvalue weighted by Gasteiger charge is 2.28. The van der Waals surface area contributed by atoms with Crippen molar-refractivity contribution < 1.29 is 5.11 Å². The van der Waals surface area contributed by atoms with Crippen LogP contribution < -0.4 is 21.2 Å². The van der Waals surface area contributed by atoms with Crippen molar-refractivity contribution in [2.24, 2.45) is 0 Å². The number of rotatable bonds is 8. The summed E-state index contributed by atoms with van der Waals surface area (Å²) in [7, 11) is -1.21. The van der Waals surface area contributed by atoms with Gasteiger partial charge in [0.1, 0.15) is 0 Å². The van der Waals surface area contributed by atoms with Crippen LogP contribution in [-0.4, -0.2) is 23.5 Å². The number of hydrogen-bond acceptors (Lipinski definition) is 1. The molecule has 0 aliphatic rings. The number of hydrogen-bond donors (Lipinski definition) is 1. The first-order valence-corrected chi connectivity index (χ1v) is 13.2. The van der Waals surface area contributed by atoms with E-state index in [9.17, 15) is 5.11 Å². The third kappa shape index (κ3) is 5.05. The molecular formula is C27H26OP2. The van der Waals surface area contributed by atoms with E-state index in [-0.39, 0.29) is 12.3 Å². The molecular weight excluding hydrogens is 402 g/mol. The van der Waals surface area contributed by atoms with Crippen LogP contribution in [0.4, 0.5) is 0 Å². The molecule has 0 saturated carbocycles. The Balaban J connectivity index is 1.74. The van der Waals surface area contributed by atoms with E-state index < -0.39 is 15.8 Å². The van der Waals surface area contributed by atoms with Gasteiger partial charge in [-0.15, -0.1) is 0 Å². The molecule has 4 aromatic rings. The molecule has 0 heterocycles. The fourth-order valence-corrected chi connectivity index (χ4v) is 9.51. The highest BCUT2D eigenvalue weighted by Crippen LogP contribution is 2.46. The summed E-state index contributed by atoms with van der Waals surface area (Å²) in [4.78, 5) is 0. The Labute approximate surface area is 181 Å². The lowest BCUT2D eigenvalue weighted by molar-refractivity contribution is 0.300. The van der Waals surface area contributed by atoms with Crippen LogP contribution in [0.3, 0.4) is 0 Å². The van der Waals surface area contributed by atoms with E-state index in [1.165, 1.54) is 21.2 Å². The van der Waals surface area contributed by atoms with E-state index in [1.807, 2.05) is 0 Å². The molecule has 0 amide bonds. The molecule has 0 aliphatic heterocycles. The molecule has 0 aromatic heterocycles. The SMILES string of the molecule is OC[C@H](CP(c1ccccc1)c1ccccc1)P(c1ccccc1)c1ccccc1. The zero-order valence-electron chi connectivity index (χ0n) is 16.9. The van der Waals surface area contributed by atoms with Gasteiger partial charge < -0.3 is 5.11 Å². The minimum Gasteiger partial charge on any atom is -0.396 e. The van der Waals surface area contributed by atoms with E-state index in [0.29, 0.717) is 0 Å². The van der Waals surface area contributed by atoms with Crippen LogP contribution in [-0.2, 0) is 0 Å². The van der Waals surface area contributed by atoms with E-state index >= 15 is 0 Å². The van der Waals surface area contributed by atoms with Crippen LogP contribution in [0, 0.1) is 0 Å². The molecule has 1 nitrogen and oxygen atoms in total. The molecule has 4 aromatic carbocycles. The smallest absolute Gasteiger partial charge is 0.0508 e. The van der Waals surface area contributed by atoms with Crippen LogP contribution in [0.25, 0.3) is 0 Å². The second-order valence-corrected chi connectivity index (χ2v) is 11.9. The lowest BCUT2D eigenvalue weighted by Gasteiger charge is -2.31. The Bertz CT molecular complexity index is 929. The van der Waals surface area contributed by atoms with Crippen LogP contribution in [0.2, 0.25) is 0 Å². The van der Waals surface area contributed by atoms with Gasteiger partial charge in [0.15, 0.2) is 0 Å². The zero-order valence-corrected chi connectivity index (χ0v) is 18.7. The Hall–Kier alpha value is -2.30. The molecule has 0 fully saturated rings. The van der Waals surface area contributed by atoms with Gasteiger partial charge in [-0.25, -0.2) is 0 Å². The maximum absolute atomic E-state index is 10.6. The van der Waals surface area contributed by atoms with Gasteiger partial charge in [-0.2, -0.15) is 0 Å². The molecule has 1 N–H and O–H groups in total. The van der Waals surface area contributed by atoms with E-state index in [0.717, 1.165) is 6.16 Å². The molecule has 0 aliphatic carbocycles. The van der Waals surface area contributed by atoms with Gasteiger partial charge in [0.05, 0.1) is 6.61 Å². The Morgan fingerprint density at radius 1 is 0.500 bits per heavy atom. The van der Waals surface area contributed by atoms with Crippen molar-refractivity contribution in [1.29, 1.82) is 0 Å². The minimum atomic E-state index is -0.661. The Morgan fingerprint density at radius 2 is 0.833 bits per heavy atom. The van der Waals surface area contributed by atoms with Crippen molar-refractivity contribution in [2.45, 2.75) is 5.66 Å². The number of aliphatic hydroxyl groups excluding tert-OH is 1. The van der Waals surface area contributed by atoms with Crippen molar-refractivity contribution in [3.8, 4) is 0 Å². The molecule has 0 bridgehead atoms. The zero-order chi connectivity index (χ0) is 20.6. The monoisotopic (exact) mass is 428 g/mol. The van der Waals surface area contributed by atoms with Gasteiger partial charge in [-0.05, 0) is 43.2 Å².